The Hall–Kier alpha value is -7.01. The number of benzene rings is 5. The van der Waals surface area contributed by atoms with Crippen molar-refractivity contribution in [2.75, 3.05) is 21.2 Å². The molecule has 59 heavy (non-hydrogen) atoms. The Morgan fingerprint density at radius 3 is 1.92 bits per heavy atom. The molecule has 0 saturated heterocycles. The summed E-state index contributed by atoms with van der Waals surface area (Å²) in [6, 6.07) is 46.4. The molecular weight excluding hydrogens is 737 g/mol. The van der Waals surface area contributed by atoms with Gasteiger partial charge in [0.1, 0.15) is 11.6 Å². The largest absolute Gasteiger partial charge is 0.467 e. The van der Waals surface area contributed by atoms with Gasteiger partial charge in [0.15, 0.2) is 5.82 Å². The van der Waals surface area contributed by atoms with Crippen molar-refractivity contribution in [1.29, 1.82) is 0 Å². The van der Waals surface area contributed by atoms with Gasteiger partial charge in [0, 0.05) is 31.6 Å². The first-order chi connectivity index (χ1) is 28.8. The van der Waals surface area contributed by atoms with E-state index in [1.807, 2.05) is 104 Å². The topological polar surface area (TPSA) is 120 Å². The van der Waals surface area contributed by atoms with Crippen molar-refractivity contribution in [3.8, 4) is 22.5 Å². The number of nitrogens with zero attached hydrogens (tertiary/aromatic N) is 8. The molecule has 0 aliphatic heterocycles. The minimum Gasteiger partial charge on any atom is -0.467 e. The Morgan fingerprint density at radius 1 is 0.814 bits per heavy atom. The van der Waals surface area contributed by atoms with Crippen molar-refractivity contribution in [3.63, 3.8) is 0 Å². The van der Waals surface area contributed by atoms with Crippen LogP contribution in [-0.4, -0.2) is 68.2 Å². The van der Waals surface area contributed by atoms with E-state index in [1.54, 1.807) is 18.2 Å². The second-order valence-electron chi connectivity index (χ2n) is 14.7. The summed E-state index contributed by atoms with van der Waals surface area (Å²) in [6.07, 6.45) is 4.29. The lowest BCUT2D eigenvalue weighted by Gasteiger charge is -2.36. The maximum absolute atomic E-state index is 14.4. The van der Waals surface area contributed by atoms with Gasteiger partial charge >= 0.3 is 5.97 Å². The van der Waals surface area contributed by atoms with Gasteiger partial charge in [-0.3, -0.25) is 9.36 Å². The molecule has 0 bridgehead atoms. The molecule has 0 N–H and O–H groups in total. The summed E-state index contributed by atoms with van der Waals surface area (Å²) in [5.41, 5.74) is 6.71. The normalized spacial score (nSPS) is 12.1. The second-order valence-corrected chi connectivity index (χ2v) is 14.7. The molecule has 0 amide bonds. The third-order valence-electron chi connectivity index (χ3n) is 10.6. The lowest BCUT2D eigenvalue weighted by Crippen LogP contribution is -2.39. The molecule has 0 saturated carbocycles. The number of esters is 1. The summed E-state index contributed by atoms with van der Waals surface area (Å²) >= 11 is 0. The summed E-state index contributed by atoms with van der Waals surface area (Å²) in [7, 11) is 4.97. The van der Waals surface area contributed by atoms with E-state index in [9.17, 15) is 9.59 Å². The summed E-state index contributed by atoms with van der Waals surface area (Å²) in [6.45, 7) is 3.73. The van der Waals surface area contributed by atoms with Crippen LogP contribution in [0.1, 0.15) is 66.2 Å². The van der Waals surface area contributed by atoms with Crippen molar-refractivity contribution >= 4 is 18.3 Å². The molecule has 7 rings (SSSR count). The van der Waals surface area contributed by atoms with Crippen LogP contribution >= 0.6 is 0 Å². The highest BCUT2D eigenvalue weighted by atomic mass is 16.5. The average molecular weight is 785 g/mol. The molecule has 11 nitrogen and oxygen atoms in total. The number of methoxy groups -OCH3 is 1. The van der Waals surface area contributed by atoms with Gasteiger partial charge in [0.25, 0.3) is 5.56 Å². The second kappa shape index (κ2) is 18.1. The number of tetrazole rings is 1. The molecule has 0 fully saturated rings. The molecule has 2 heterocycles. The van der Waals surface area contributed by atoms with Gasteiger partial charge in [-0.25, -0.2) is 19.5 Å². The molecule has 298 valence electrons. The Labute approximate surface area is 344 Å². The van der Waals surface area contributed by atoms with E-state index in [0.717, 1.165) is 51.8 Å². The SMILES string of the molecule is CCCCc1nc(N=CN(C)C)n(C(C)C(=O)OC)c(=O)c1Cc1ccc(-c2ccccc2-c2nnnn2C(c2ccccc2)(c2ccccc2)c2ccccc2)cc1. The van der Waals surface area contributed by atoms with Crippen LogP contribution in [0.2, 0.25) is 0 Å². The van der Waals surface area contributed by atoms with Crippen LogP contribution in [-0.2, 0) is 27.9 Å². The van der Waals surface area contributed by atoms with Gasteiger partial charge in [-0.1, -0.05) is 153 Å². The number of hydrogen-bond donors (Lipinski definition) is 0. The molecular formula is C48H48N8O3. The molecule has 2 aromatic heterocycles. The Kier molecular flexibility index (Phi) is 12.3. The molecule has 5 aromatic carbocycles. The number of aliphatic imine (C=N–C) groups is 1. The number of aryl methyl sites for hydroxylation is 1. The van der Waals surface area contributed by atoms with E-state index >= 15 is 0 Å². The number of rotatable bonds is 15. The summed E-state index contributed by atoms with van der Waals surface area (Å²) < 4.78 is 8.32. The molecule has 11 heteroatoms. The minimum absolute atomic E-state index is 0.168. The first-order valence-electron chi connectivity index (χ1n) is 19.8. The summed E-state index contributed by atoms with van der Waals surface area (Å²) in [4.78, 5) is 38.3. The van der Waals surface area contributed by atoms with Crippen molar-refractivity contribution in [3.05, 3.63) is 183 Å². The van der Waals surface area contributed by atoms with E-state index in [0.29, 0.717) is 29.9 Å². The van der Waals surface area contributed by atoms with Gasteiger partial charge in [0.2, 0.25) is 5.95 Å². The number of hydrogen-bond acceptors (Lipinski definition) is 8. The van der Waals surface area contributed by atoms with Crippen molar-refractivity contribution in [2.45, 2.75) is 51.1 Å². The maximum Gasteiger partial charge on any atom is 0.328 e. The fourth-order valence-corrected chi connectivity index (χ4v) is 7.64. The molecule has 0 aliphatic rings. The predicted molar refractivity (Wildman–Crippen MR) is 232 cm³/mol. The number of aromatic nitrogens is 6. The highest BCUT2D eigenvalue weighted by molar-refractivity contribution is 5.81. The van der Waals surface area contributed by atoms with E-state index < -0.39 is 17.6 Å². The van der Waals surface area contributed by atoms with Crippen LogP contribution in [0.15, 0.2) is 149 Å². The average Bonchev–Trinajstić information content (AvgIpc) is 3.77. The maximum atomic E-state index is 14.4. The van der Waals surface area contributed by atoms with E-state index in [4.69, 9.17) is 20.0 Å². The van der Waals surface area contributed by atoms with Gasteiger partial charge in [-0.2, -0.15) is 0 Å². The van der Waals surface area contributed by atoms with E-state index in [1.165, 1.54) is 11.7 Å². The van der Waals surface area contributed by atoms with Crippen molar-refractivity contribution < 1.29 is 9.53 Å². The van der Waals surface area contributed by atoms with Crippen LogP contribution in [0.5, 0.6) is 0 Å². The van der Waals surface area contributed by atoms with Crippen LogP contribution < -0.4 is 5.56 Å². The lowest BCUT2D eigenvalue weighted by molar-refractivity contribution is -0.144. The van der Waals surface area contributed by atoms with Gasteiger partial charge in [0.05, 0.1) is 19.1 Å². The molecule has 0 spiro atoms. The van der Waals surface area contributed by atoms with Crippen LogP contribution in [0.25, 0.3) is 22.5 Å². The van der Waals surface area contributed by atoms with E-state index in [-0.39, 0.29) is 11.5 Å². The van der Waals surface area contributed by atoms with Gasteiger partial charge < -0.3 is 9.64 Å². The Balaban J connectivity index is 1.32. The number of carbonyl (C=O) groups is 1. The fourth-order valence-electron chi connectivity index (χ4n) is 7.64. The predicted octanol–water partition coefficient (Wildman–Crippen LogP) is 8.29. The summed E-state index contributed by atoms with van der Waals surface area (Å²) in [5, 5.41) is 13.8. The van der Waals surface area contributed by atoms with Crippen LogP contribution in [0.4, 0.5) is 5.95 Å². The molecule has 0 radical (unpaired) electrons. The van der Waals surface area contributed by atoms with E-state index in [2.05, 4.69) is 71.7 Å². The Bertz CT molecular complexity index is 2490. The third-order valence-corrected chi connectivity index (χ3v) is 10.6. The fraction of sp³-hybridized carbons (Fsp3) is 0.229. The number of carbonyl (C=O) groups excluding carboxylic acids is 1. The lowest BCUT2D eigenvalue weighted by atomic mass is 9.77. The monoisotopic (exact) mass is 784 g/mol. The zero-order chi connectivity index (χ0) is 41.4. The number of ether oxygens (including phenoxy) is 1. The first kappa shape index (κ1) is 40.2. The molecule has 7 aromatic rings. The van der Waals surface area contributed by atoms with Crippen LogP contribution in [0, 0.1) is 0 Å². The number of unbranched alkanes of at least 4 members (excludes halogenated alkanes) is 1. The molecule has 1 atom stereocenters. The quantitative estimate of drug-likeness (QED) is 0.0441. The zero-order valence-electron chi connectivity index (χ0n) is 34.1. The zero-order valence-corrected chi connectivity index (χ0v) is 34.1. The van der Waals surface area contributed by atoms with Crippen LogP contribution in [0.3, 0.4) is 0 Å². The van der Waals surface area contributed by atoms with Gasteiger partial charge in [-0.15, -0.1) is 5.10 Å². The summed E-state index contributed by atoms with van der Waals surface area (Å²) in [5.74, 6) is 0.219. The molecule has 1 unspecified atom stereocenters. The molecule has 0 aliphatic carbocycles. The highest BCUT2D eigenvalue weighted by Gasteiger charge is 2.42. The van der Waals surface area contributed by atoms with Gasteiger partial charge in [-0.05, 0) is 63.6 Å². The van der Waals surface area contributed by atoms with Crippen molar-refractivity contribution in [2.24, 2.45) is 4.99 Å². The highest BCUT2D eigenvalue weighted by Crippen LogP contribution is 2.43. The Morgan fingerprint density at radius 2 is 1.37 bits per heavy atom. The minimum atomic E-state index is -0.923. The first-order valence-corrected chi connectivity index (χ1v) is 19.8. The van der Waals surface area contributed by atoms with Crippen molar-refractivity contribution in [1.82, 2.24) is 34.7 Å². The smallest absolute Gasteiger partial charge is 0.328 e. The standard InChI is InChI=1S/C48H48N8O3/c1-6-7-27-43-42(45(57)55(34(2)46(58)59-5)47(50-43)49-33-54(3)4)32-35-28-30-36(31-29-35)40-25-17-18-26-41(40)44-51-52-53-56(44)48(37-19-11-8-12-20-37,38-21-13-9-14-22-38)39-23-15-10-16-24-39/h8-26,28-31,33-34H,6-7,27,32H2,1-5H3. The third kappa shape index (κ3) is 8.09.